The van der Waals surface area contributed by atoms with Crippen molar-refractivity contribution in [2.45, 2.75) is 26.0 Å². The summed E-state index contributed by atoms with van der Waals surface area (Å²) >= 11 is 0. The van der Waals surface area contributed by atoms with Crippen LogP contribution in [-0.4, -0.2) is 60.9 Å². The zero-order chi connectivity index (χ0) is 21.7. The number of carbonyl (C=O) groups excluding carboxylic acids is 2. The molecule has 6 N–H and O–H groups in total. The first-order chi connectivity index (χ1) is 14.4. The highest BCUT2D eigenvalue weighted by molar-refractivity contribution is 5.97. The van der Waals surface area contributed by atoms with Gasteiger partial charge < -0.3 is 31.7 Å². The van der Waals surface area contributed by atoms with E-state index in [4.69, 9.17) is 16.2 Å². The van der Waals surface area contributed by atoms with Gasteiger partial charge in [0.2, 0.25) is 0 Å². The summed E-state index contributed by atoms with van der Waals surface area (Å²) in [4.78, 5) is 27.9. The molecule has 1 atom stereocenters. The second-order valence-corrected chi connectivity index (χ2v) is 7.39. The minimum Gasteiger partial charge on any atom is -0.478 e. The van der Waals surface area contributed by atoms with Gasteiger partial charge >= 0.3 is 0 Å². The number of allylic oxidation sites excluding steroid dienone is 2. The van der Waals surface area contributed by atoms with Crippen LogP contribution in [0.5, 0.6) is 5.75 Å². The monoisotopic (exact) mass is 418 g/mol. The Morgan fingerprint density at radius 1 is 1.30 bits per heavy atom. The highest BCUT2D eigenvalue weighted by Crippen LogP contribution is 2.31. The number of fused-ring (bicyclic) bond motifs is 1. The van der Waals surface area contributed by atoms with Gasteiger partial charge in [-0.25, -0.2) is 0 Å². The Morgan fingerprint density at radius 2 is 2.03 bits per heavy atom. The van der Waals surface area contributed by atoms with Crippen molar-refractivity contribution < 1.29 is 17.2 Å². The molecule has 0 saturated carbocycles. The Bertz CT molecular complexity index is 869. The lowest BCUT2D eigenvalue weighted by molar-refractivity contribution is -0.123. The topological polar surface area (TPSA) is 126 Å². The second-order valence-electron chi connectivity index (χ2n) is 7.39. The van der Waals surface area contributed by atoms with E-state index in [0.717, 1.165) is 49.7 Å². The van der Waals surface area contributed by atoms with Crippen LogP contribution in [0.3, 0.4) is 0 Å². The molecule has 0 aromatic heterocycles. The summed E-state index contributed by atoms with van der Waals surface area (Å²) in [6.07, 6.45) is 3.41. The fraction of sp³-hybridized carbons (Fsp3) is 0.429. The molecule has 1 aromatic carbocycles. The van der Waals surface area contributed by atoms with Crippen LogP contribution in [0, 0.1) is 0 Å². The van der Waals surface area contributed by atoms with E-state index in [1.54, 1.807) is 6.08 Å². The fourth-order valence-corrected chi connectivity index (χ4v) is 3.49. The molecule has 1 saturated heterocycles. The van der Waals surface area contributed by atoms with Gasteiger partial charge in [0.25, 0.3) is 11.8 Å². The first-order valence-electron chi connectivity index (χ1n) is 10.1. The smallest absolute Gasteiger partial charge is 0.266 e. The molecule has 3 rings (SSSR count). The lowest BCUT2D eigenvalue weighted by Crippen LogP contribution is -2.46. The largest absolute Gasteiger partial charge is 0.478 e. The van der Waals surface area contributed by atoms with Crippen molar-refractivity contribution in [3.63, 3.8) is 0 Å². The van der Waals surface area contributed by atoms with Gasteiger partial charge in [-0.05, 0) is 36.3 Å². The summed E-state index contributed by atoms with van der Waals surface area (Å²) in [6.45, 7) is 5.96. The third-order valence-corrected chi connectivity index (χ3v) is 5.30. The van der Waals surface area contributed by atoms with E-state index >= 15 is 0 Å². The quantitative estimate of drug-likeness (QED) is 0.397. The lowest BCUT2D eigenvalue weighted by Gasteiger charge is -2.36. The first kappa shape index (κ1) is 21.5. The molecule has 0 bridgehead atoms. The minimum atomic E-state index is -0.420. The van der Waals surface area contributed by atoms with Crippen molar-refractivity contribution in [1.82, 2.24) is 15.1 Å². The average molecular weight is 419 g/mol. The van der Waals surface area contributed by atoms with Gasteiger partial charge in [0.05, 0.1) is 17.2 Å². The van der Waals surface area contributed by atoms with E-state index in [1.165, 1.54) is 13.1 Å². The Labute approximate surface area is 179 Å². The van der Waals surface area contributed by atoms with Gasteiger partial charge in [-0.2, -0.15) is 0 Å². The number of carbonyl (C=O) groups is 2. The van der Waals surface area contributed by atoms with Crippen molar-refractivity contribution in [3.05, 3.63) is 47.4 Å². The molecule has 9 nitrogen and oxygen atoms in total. The molecule has 0 radical (unpaired) electrons. The molecule has 2 heterocycles. The number of anilines is 1. The third kappa shape index (κ3) is 5.04. The van der Waals surface area contributed by atoms with Crippen LogP contribution >= 0.6 is 0 Å². The molecular formula is C21H34N6O3. The minimum absolute atomic E-state index is 0. The normalized spacial score (nSPS) is 20.3. The molecule has 166 valence electrons. The Kier molecular flexibility index (Phi) is 6.83. The number of piperazine rings is 1. The Hall–Kier alpha value is -3.20. The van der Waals surface area contributed by atoms with Crippen molar-refractivity contribution in [3.8, 4) is 5.75 Å². The first-order valence-corrected chi connectivity index (χ1v) is 10.1. The predicted octanol–water partition coefficient (Wildman–Crippen LogP) is 0.794. The van der Waals surface area contributed by atoms with Crippen LogP contribution < -0.4 is 26.8 Å². The lowest BCUT2D eigenvalue weighted by atomic mass is 10.1. The van der Waals surface area contributed by atoms with Gasteiger partial charge in [-0.1, -0.05) is 13.0 Å². The predicted molar refractivity (Wildman–Crippen MR) is 119 cm³/mol. The average Bonchev–Trinajstić information content (AvgIpc) is 2.76. The van der Waals surface area contributed by atoms with Crippen molar-refractivity contribution in [1.29, 1.82) is 0 Å². The molecule has 2 aliphatic rings. The third-order valence-electron chi connectivity index (χ3n) is 5.30. The molecule has 0 aliphatic carbocycles. The van der Waals surface area contributed by atoms with Crippen molar-refractivity contribution in [2.75, 3.05) is 38.5 Å². The number of nitrogens with two attached hydrogens (primary N) is 2. The van der Waals surface area contributed by atoms with E-state index in [0.29, 0.717) is 12.2 Å². The maximum Gasteiger partial charge on any atom is 0.266 e. The SMILES string of the molecule is CC[C@H]1Oc2ccc(CN3CCN(/C(N)=C/C=C(\N)C(=O)NC)CC3)cc2NC1=O.[HH].[HH]. The fourth-order valence-electron chi connectivity index (χ4n) is 3.49. The molecule has 30 heavy (non-hydrogen) atoms. The second kappa shape index (κ2) is 9.53. The van der Waals surface area contributed by atoms with Crippen LogP contribution in [0.15, 0.2) is 41.9 Å². The highest BCUT2D eigenvalue weighted by atomic mass is 16.5. The van der Waals surface area contributed by atoms with E-state index in [-0.39, 0.29) is 20.4 Å². The van der Waals surface area contributed by atoms with E-state index in [9.17, 15) is 9.59 Å². The van der Waals surface area contributed by atoms with Gasteiger partial charge in [0, 0.05) is 42.6 Å². The zero-order valence-corrected chi connectivity index (χ0v) is 17.5. The summed E-state index contributed by atoms with van der Waals surface area (Å²) in [5.41, 5.74) is 13.8. The summed E-state index contributed by atoms with van der Waals surface area (Å²) in [6, 6.07) is 5.94. The number of nitrogens with one attached hydrogen (secondary N) is 2. The highest BCUT2D eigenvalue weighted by Gasteiger charge is 2.26. The van der Waals surface area contributed by atoms with Gasteiger partial charge in [0.1, 0.15) is 5.75 Å². The van der Waals surface area contributed by atoms with Crippen LogP contribution in [-0.2, 0) is 16.1 Å². The molecule has 0 spiro atoms. The molecule has 9 heteroatoms. The number of amides is 2. The number of rotatable bonds is 6. The Morgan fingerprint density at radius 3 is 2.70 bits per heavy atom. The van der Waals surface area contributed by atoms with Gasteiger partial charge in [0.15, 0.2) is 6.10 Å². The molecule has 1 fully saturated rings. The summed E-state index contributed by atoms with van der Waals surface area (Å²) in [5, 5.41) is 5.41. The van der Waals surface area contributed by atoms with Gasteiger partial charge in [-0.15, -0.1) is 0 Å². The van der Waals surface area contributed by atoms with E-state index in [2.05, 4.69) is 20.4 Å². The molecule has 2 amide bonds. The van der Waals surface area contributed by atoms with Crippen molar-refractivity contribution in [2.24, 2.45) is 11.5 Å². The molecular weight excluding hydrogens is 384 g/mol. The maximum absolute atomic E-state index is 12.0. The number of hydrogen-bond donors (Lipinski definition) is 4. The van der Waals surface area contributed by atoms with Crippen LogP contribution in [0.1, 0.15) is 21.8 Å². The number of benzene rings is 1. The molecule has 2 aliphatic heterocycles. The Balaban J connectivity index is 0.00000256. The van der Waals surface area contributed by atoms with E-state index < -0.39 is 6.10 Å². The number of likely N-dealkylation sites (N-methyl/N-ethyl adjacent to an activating group) is 1. The summed E-state index contributed by atoms with van der Waals surface area (Å²) in [5.74, 6) is 0.877. The summed E-state index contributed by atoms with van der Waals surface area (Å²) < 4.78 is 5.75. The number of hydrogen-bond acceptors (Lipinski definition) is 7. The van der Waals surface area contributed by atoms with Gasteiger partial charge in [-0.3, -0.25) is 14.5 Å². The van der Waals surface area contributed by atoms with Crippen LogP contribution in [0.4, 0.5) is 5.69 Å². The number of ether oxygens (including phenoxy) is 1. The molecule has 1 aromatic rings. The van der Waals surface area contributed by atoms with Crippen LogP contribution in [0.2, 0.25) is 0 Å². The van der Waals surface area contributed by atoms with Crippen molar-refractivity contribution >= 4 is 17.5 Å². The standard InChI is InChI=1S/C21H30N6O3.2H2/c1-3-17-21(29)25-16-12-14(4-6-18(16)30-17)13-26-8-10-27(11-9-26)19(23)7-5-15(22)20(28)24-2;;/h4-7,12,17H,3,8-11,13,22-23H2,1-2H3,(H,24,28)(H,25,29);2*1H/b15-5-,19-7+;;/t17-;;/m1../s1. The summed E-state index contributed by atoms with van der Waals surface area (Å²) in [7, 11) is 1.53. The molecule has 0 unspecified atom stereocenters. The van der Waals surface area contributed by atoms with E-state index in [1.807, 2.05) is 25.1 Å². The zero-order valence-electron chi connectivity index (χ0n) is 17.5. The maximum atomic E-state index is 12.0. The number of nitrogens with zero attached hydrogens (tertiary/aromatic N) is 2. The van der Waals surface area contributed by atoms with Crippen LogP contribution in [0.25, 0.3) is 0 Å².